The lowest BCUT2D eigenvalue weighted by atomic mass is 10.0. The SMILES string of the molecule is COCCNC(=O)c1ccc(NC2CCCN(c3ccccc3F)C2)nc1. The second-order valence-electron chi connectivity index (χ2n) is 6.56. The molecular formula is C20H25FN4O2. The molecule has 2 N–H and O–H groups in total. The summed E-state index contributed by atoms with van der Waals surface area (Å²) in [7, 11) is 1.59. The summed E-state index contributed by atoms with van der Waals surface area (Å²) in [6.07, 6.45) is 3.53. The van der Waals surface area contributed by atoms with Crippen molar-refractivity contribution < 1.29 is 13.9 Å². The number of amides is 1. The highest BCUT2D eigenvalue weighted by atomic mass is 19.1. The van der Waals surface area contributed by atoms with Gasteiger partial charge in [-0.1, -0.05) is 12.1 Å². The first kappa shape index (κ1) is 19.1. The minimum absolute atomic E-state index is 0.172. The van der Waals surface area contributed by atoms with E-state index in [9.17, 15) is 9.18 Å². The van der Waals surface area contributed by atoms with Crippen molar-refractivity contribution in [1.29, 1.82) is 0 Å². The average Bonchev–Trinajstić information content (AvgIpc) is 2.69. The number of nitrogens with one attached hydrogen (secondary N) is 2. The third-order valence-corrected chi connectivity index (χ3v) is 4.58. The molecule has 7 heteroatoms. The Balaban J connectivity index is 1.57. The van der Waals surface area contributed by atoms with Crippen molar-refractivity contribution in [3.05, 3.63) is 54.0 Å². The van der Waals surface area contributed by atoms with Crippen LogP contribution in [0.15, 0.2) is 42.6 Å². The van der Waals surface area contributed by atoms with Gasteiger partial charge in [0, 0.05) is 39.0 Å². The number of pyridine rings is 1. The van der Waals surface area contributed by atoms with Crippen LogP contribution in [0.5, 0.6) is 0 Å². The predicted molar refractivity (Wildman–Crippen MR) is 104 cm³/mol. The molecular weight excluding hydrogens is 347 g/mol. The molecule has 0 bridgehead atoms. The molecule has 1 atom stereocenters. The number of rotatable bonds is 7. The maximum Gasteiger partial charge on any atom is 0.252 e. The molecule has 144 valence electrons. The molecule has 1 aromatic carbocycles. The number of piperidine rings is 1. The molecule has 1 fully saturated rings. The minimum Gasteiger partial charge on any atom is -0.383 e. The van der Waals surface area contributed by atoms with E-state index in [-0.39, 0.29) is 17.8 Å². The second-order valence-corrected chi connectivity index (χ2v) is 6.56. The Kier molecular flexibility index (Phi) is 6.59. The Morgan fingerprint density at radius 2 is 2.19 bits per heavy atom. The van der Waals surface area contributed by atoms with E-state index in [2.05, 4.69) is 20.5 Å². The van der Waals surface area contributed by atoms with Gasteiger partial charge in [0.15, 0.2) is 0 Å². The standard InChI is InChI=1S/C20H25FN4O2/c1-27-12-10-22-20(26)15-8-9-19(23-13-15)24-16-5-4-11-25(14-16)18-7-3-2-6-17(18)21/h2-3,6-9,13,16H,4-5,10-12,14H2,1H3,(H,22,26)(H,23,24). The van der Waals surface area contributed by atoms with Crippen LogP contribution in [0.25, 0.3) is 0 Å². The van der Waals surface area contributed by atoms with Crippen LogP contribution in [0.3, 0.4) is 0 Å². The first-order valence-electron chi connectivity index (χ1n) is 9.16. The maximum absolute atomic E-state index is 14.0. The van der Waals surface area contributed by atoms with Crippen molar-refractivity contribution in [2.24, 2.45) is 0 Å². The van der Waals surface area contributed by atoms with Crippen molar-refractivity contribution in [3.8, 4) is 0 Å². The lowest BCUT2D eigenvalue weighted by Gasteiger charge is -2.35. The van der Waals surface area contributed by atoms with Gasteiger partial charge in [-0.15, -0.1) is 0 Å². The van der Waals surface area contributed by atoms with Gasteiger partial charge < -0.3 is 20.3 Å². The van der Waals surface area contributed by atoms with E-state index in [4.69, 9.17) is 4.74 Å². The summed E-state index contributed by atoms with van der Waals surface area (Å²) in [4.78, 5) is 18.4. The first-order valence-corrected chi connectivity index (χ1v) is 9.16. The molecule has 1 aliphatic heterocycles. The number of hydrogen-bond acceptors (Lipinski definition) is 5. The van der Waals surface area contributed by atoms with Crippen LogP contribution in [0.2, 0.25) is 0 Å². The summed E-state index contributed by atoms with van der Waals surface area (Å²) in [5.41, 5.74) is 1.15. The number of carbonyl (C=O) groups is 1. The maximum atomic E-state index is 14.0. The molecule has 27 heavy (non-hydrogen) atoms. The Morgan fingerprint density at radius 1 is 1.33 bits per heavy atom. The van der Waals surface area contributed by atoms with Gasteiger partial charge in [0.2, 0.25) is 0 Å². The van der Waals surface area contributed by atoms with Crippen LogP contribution >= 0.6 is 0 Å². The molecule has 1 aliphatic rings. The zero-order chi connectivity index (χ0) is 19.1. The van der Waals surface area contributed by atoms with Gasteiger partial charge >= 0.3 is 0 Å². The molecule has 0 aliphatic carbocycles. The van der Waals surface area contributed by atoms with Gasteiger partial charge in [-0.3, -0.25) is 4.79 Å². The van der Waals surface area contributed by atoms with Gasteiger partial charge in [-0.2, -0.15) is 0 Å². The number of anilines is 2. The average molecular weight is 372 g/mol. The van der Waals surface area contributed by atoms with Crippen LogP contribution in [-0.4, -0.2) is 50.3 Å². The summed E-state index contributed by atoms with van der Waals surface area (Å²) < 4.78 is 19.0. The number of ether oxygens (including phenoxy) is 1. The third-order valence-electron chi connectivity index (χ3n) is 4.58. The Hall–Kier alpha value is -2.67. The Morgan fingerprint density at radius 3 is 2.93 bits per heavy atom. The van der Waals surface area contributed by atoms with Crippen molar-refractivity contribution in [2.75, 3.05) is 43.6 Å². The van der Waals surface area contributed by atoms with E-state index in [1.54, 1.807) is 31.5 Å². The molecule has 3 rings (SSSR count). The predicted octanol–water partition coefficient (Wildman–Crippen LogP) is 2.68. The van der Waals surface area contributed by atoms with E-state index in [1.807, 2.05) is 12.1 Å². The zero-order valence-corrected chi connectivity index (χ0v) is 15.5. The molecule has 1 saturated heterocycles. The Labute approximate surface area is 158 Å². The number of para-hydroxylation sites is 1. The summed E-state index contributed by atoms with van der Waals surface area (Å²) in [5, 5.41) is 6.16. The highest BCUT2D eigenvalue weighted by Gasteiger charge is 2.22. The molecule has 0 radical (unpaired) electrons. The van der Waals surface area contributed by atoms with Crippen LogP contribution in [0, 0.1) is 5.82 Å². The molecule has 1 amide bonds. The van der Waals surface area contributed by atoms with E-state index in [1.165, 1.54) is 6.07 Å². The third kappa shape index (κ3) is 5.17. The largest absolute Gasteiger partial charge is 0.383 e. The molecule has 0 spiro atoms. The van der Waals surface area contributed by atoms with E-state index in [0.717, 1.165) is 19.4 Å². The molecule has 2 aromatic rings. The van der Waals surface area contributed by atoms with Gasteiger partial charge in [-0.25, -0.2) is 9.37 Å². The van der Waals surface area contributed by atoms with Crippen molar-refractivity contribution in [2.45, 2.75) is 18.9 Å². The fourth-order valence-electron chi connectivity index (χ4n) is 3.21. The normalized spacial score (nSPS) is 16.8. The summed E-state index contributed by atoms with van der Waals surface area (Å²) >= 11 is 0. The van der Waals surface area contributed by atoms with Crippen LogP contribution in [-0.2, 0) is 4.74 Å². The van der Waals surface area contributed by atoms with Gasteiger partial charge in [0.25, 0.3) is 5.91 Å². The molecule has 1 unspecified atom stereocenters. The molecule has 6 nitrogen and oxygen atoms in total. The van der Waals surface area contributed by atoms with Crippen LogP contribution < -0.4 is 15.5 Å². The Bertz CT molecular complexity index is 754. The fraction of sp³-hybridized carbons (Fsp3) is 0.400. The smallest absolute Gasteiger partial charge is 0.252 e. The van der Waals surface area contributed by atoms with Gasteiger partial charge in [-0.05, 0) is 37.1 Å². The number of halogens is 1. The number of aromatic nitrogens is 1. The summed E-state index contributed by atoms with van der Waals surface area (Å²) in [5.74, 6) is 0.346. The fourth-order valence-corrected chi connectivity index (χ4v) is 3.21. The van der Waals surface area contributed by atoms with Crippen molar-refractivity contribution >= 4 is 17.4 Å². The number of nitrogens with zero attached hydrogens (tertiary/aromatic N) is 2. The highest BCUT2D eigenvalue weighted by molar-refractivity contribution is 5.94. The van der Waals surface area contributed by atoms with Crippen molar-refractivity contribution in [3.63, 3.8) is 0 Å². The van der Waals surface area contributed by atoms with Crippen LogP contribution in [0.4, 0.5) is 15.9 Å². The monoisotopic (exact) mass is 372 g/mol. The number of carbonyl (C=O) groups excluding carboxylic acids is 1. The number of benzene rings is 1. The number of hydrogen-bond donors (Lipinski definition) is 2. The molecule has 2 heterocycles. The van der Waals surface area contributed by atoms with E-state index >= 15 is 0 Å². The van der Waals surface area contributed by atoms with E-state index in [0.29, 0.717) is 36.8 Å². The van der Waals surface area contributed by atoms with Crippen LogP contribution in [0.1, 0.15) is 23.2 Å². The van der Waals surface area contributed by atoms with E-state index < -0.39 is 0 Å². The topological polar surface area (TPSA) is 66.5 Å². The first-order chi connectivity index (χ1) is 13.2. The quantitative estimate of drug-likeness (QED) is 0.732. The van der Waals surface area contributed by atoms with Gasteiger partial charge in [0.05, 0.1) is 17.9 Å². The van der Waals surface area contributed by atoms with Gasteiger partial charge in [0.1, 0.15) is 11.6 Å². The summed E-state index contributed by atoms with van der Waals surface area (Å²) in [6, 6.07) is 10.6. The highest BCUT2D eigenvalue weighted by Crippen LogP contribution is 2.24. The number of methoxy groups -OCH3 is 1. The molecule has 0 saturated carbocycles. The minimum atomic E-state index is -0.194. The second kappa shape index (κ2) is 9.32. The van der Waals surface area contributed by atoms with Crippen molar-refractivity contribution in [1.82, 2.24) is 10.3 Å². The lowest BCUT2D eigenvalue weighted by Crippen LogP contribution is -2.42. The lowest BCUT2D eigenvalue weighted by molar-refractivity contribution is 0.0937. The zero-order valence-electron chi connectivity index (χ0n) is 15.5. The summed E-state index contributed by atoms with van der Waals surface area (Å²) in [6.45, 7) is 2.48. The molecule has 1 aromatic heterocycles.